The van der Waals surface area contributed by atoms with Crippen molar-refractivity contribution in [3.05, 3.63) is 237 Å². The zero-order valence-corrected chi connectivity index (χ0v) is 35.3. The van der Waals surface area contributed by atoms with E-state index in [4.69, 9.17) is 9.97 Å². The van der Waals surface area contributed by atoms with Gasteiger partial charge in [-0.15, -0.1) is 0 Å². The van der Waals surface area contributed by atoms with Crippen molar-refractivity contribution in [3.8, 4) is 67.7 Å². The van der Waals surface area contributed by atoms with Gasteiger partial charge in [0.2, 0.25) is 0 Å². The molecule has 4 heterocycles. The van der Waals surface area contributed by atoms with Crippen molar-refractivity contribution >= 4 is 49.8 Å². The average Bonchev–Trinajstić information content (AvgIpc) is 3.89. The van der Waals surface area contributed by atoms with E-state index < -0.39 is 0 Å². The second-order valence-corrected chi connectivity index (χ2v) is 16.6. The molecular weight excluding hydrogens is 791 g/mol. The van der Waals surface area contributed by atoms with Gasteiger partial charge in [0.05, 0.1) is 50.7 Å². The maximum absolute atomic E-state index is 5.15. The maximum Gasteiger partial charge on any atom is 0.160 e. The molecule has 0 atom stereocenters. The molecule has 1 aliphatic heterocycles. The first-order valence-electron chi connectivity index (χ1n) is 22.1. The SMILES string of the molecule is c1ccc(-c2cc(-c3ccccc3)nc(-c3cccc(-n4c5ccccc5c5cc(-c6ccc7c(c6)cc6n7-c7ccccc7N(c7ccccc7)c7ccccc7-6)ccc54)c3)n2)cc1. The summed E-state index contributed by atoms with van der Waals surface area (Å²) in [6, 6.07) is 84.5. The van der Waals surface area contributed by atoms with Crippen LogP contribution in [0, 0.1) is 0 Å². The number of benzene rings is 9. The van der Waals surface area contributed by atoms with E-state index in [9.17, 15) is 0 Å². The topological polar surface area (TPSA) is 38.9 Å². The van der Waals surface area contributed by atoms with E-state index in [0.29, 0.717) is 5.82 Å². The highest BCUT2D eigenvalue weighted by Crippen LogP contribution is 2.49. The summed E-state index contributed by atoms with van der Waals surface area (Å²) in [5.74, 6) is 0.689. The van der Waals surface area contributed by atoms with Gasteiger partial charge in [0.25, 0.3) is 0 Å². The Morgan fingerprint density at radius 1 is 0.308 bits per heavy atom. The molecule has 0 bridgehead atoms. The molecule has 0 fully saturated rings. The van der Waals surface area contributed by atoms with Gasteiger partial charge in [-0.1, -0.05) is 152 Å². The lowest BCUT2D eigenvalue weighted by Crippen LogP contribution is -2.11. The third-order valence-electron chi connectivity index (χ3n) is 12.8. The third-order valence-corrected chi connectivity index (χ3v) is 12.8. The fraction of sp³-hybridized carbons (Fsp3) is 0. The summed E-state index contributed by atoms with van der Waals surface area (Å²) in [7, 11) is 0. The number of rotatable bonds is 6. The lowest BCUT2D eigenvalue weighted by Gasteiger charge is -2.26. The van der Waals surface area contributed by atoms with Gasteiger partial charge in [-0.3, -0.25) is 0 Å². The third kappa shape index (κ3) is 6.09. The Kier molecular flexibility index (Phi) is 8.46. The lowest BCUT2D eigenvalue weighted by molar-refractivity contribution is 1.14. The summed E-state index contributed by atoms with van der Waals surface area (Å²) in [5, 5.41) is 3.61. The molecule has 3 aromatic heterocycles. The molecule has 5 heteroatoms. The van der Waals surface area contributed by atoms with Gasteiger partial charge in [-0.2, -0.15) is 0 Å². The van der Waals surface area contributed by atoms with Crippen LogP contribution in [0.4, 0.5) is 17.1 Å². The van der Waals surface area contributed by atoms with Gasteiger partial charge in [0.1, 0.15) is 0 Å². The second-order valence-electron chi connectivity index (χ2n) is 16.6. The van der Waals surface area contributed by atoms with Gasteiger partial charge in [0.15, 0.2) is 5.82 Å². The van der Waals surface area contributed by atoms with E-state index in [1.165, 1.54) is 44.1 Å². The Hall–Kier alpha value is -8.80. The lowest BCUT2D eigenvalue weighted by atomic mass is 10.0. The molecular formula is C60H39N5. The minimum Gasteiger partial charge on any atom is -0.309 e. The van der Waals surface area contributed by atoms with E-state index >= 15 is 0 Å². The van der Waals surface area contributed by atoms with Crippen LogP contribution in [-0.4, -0.2) is 19.1 Å². The van der Waals surface area contributed by atoms with Crippen LogP contribution in [0.1, 0.15) is 0 Å². The molecule has 9 aromatic carbocycles. The Bertz CT molecular complexity index is 3720. The van der Waals surface area contributed by atoms with Crippen molar-refractivity contribution in [2.24, 2.45) is 0 Å². The summed E-state index contributed by atoms with van der Waals surface area (Å²) in [4.78, 5) is 12.7. The average molecular weight is 830 g/mol. The van der Waals surface area contributed by atoms with E-state index in [1.807, 2.05) is 12.1 Å². The molecule has 0 unspecified atom stereocenters. The minimum atomic E-state index is 0.689. The second kappa shape index (κ2) is 14.9. The molecule has 0 saturated carbocycles. The smallest absolute Gasteiger partial charge is 0.160 e. The van der Waals surface area contributed by atoms with Crippen LogP contribution in [0.2, 0.25) is 0 Å². The zero-order valence-electron chi connectivity index (χ0n) is 35.3. The van der Waals surface area contributed by atoms with E-state index in [1.54, 1.807) is 0 Å². The minimum absolute atomic E-state index is 0.689. The highest BCUT2D eigenvalue weighted by atomic mass is 15.2. The van der Waals surface area contributed by atoms with Gasteiger partial charge >= 0.3 is 0 Å². The Morgan fingerprint density at radius 3 is 1.63 bits per heavy atom. The molecule has 0 spiro atoms. The zero-order chi connectivity index (χ0) is 42.8. The Labute approximate surface area is 376 Å². The molecule has 0 aliphatic carbocycles. The summed E-state index contributed by atoms with van der Waals surface area (Å²) in [5.41, 5.74) is 18.7. The summed E-state index contributed by atoms with van der Waals surface area (Å²) < 4.78 is 4.81. The van der Waals surface area contributed by atoms with Gasteiger partial charge in [0, 0.05) is 49.8 Å². The largest absolute Gasteiger partial charge is 0.309 e. The number of para-hydroxylation sites is 5. The molecule has 5 nitrogen and oxygen atoms in total. The fourth-order valence-corrected chi connectivity index (χ4v) is 9.87. The fourth-order valence-electron chi connectivity index (χ4n) is 9.87. The molecule has 13 rings (SSSR count). The summed E-state index contributed by atoms with van der Waals surface area (Å²) >= 11 is 0. The van der Waals surface area contributed by atoms with Crippen molar-refractivity contribution in [3.63, 3.8) is 0 Å². The van der Waals surface area contributed by atoms with Crippen molar-refractivity contribution in [1.82, 2.24) is 19.1 Å². The number of fused-ring (bicyclic) bond motifs is 10. The van der Waals surface area contributed by atoms with Crippen molar-refractivity contribution < 1.29 is 0 Å². The number of aromatic nitrogens is 4. The standard InChI is InChI=1S/C60H39N5/c1-4-17-40(18-5-1)51-39-52(41-19-6-2-7-20-41)62-60(61-51)44-21-16-24-47(36-44)64-54-27-12-10-25-48(54)50-37-43(32-34-56(50)64)42-31-33-53-45(35-42)38-59-49-26-11-13-28-55(49)63(46-22-8-3-9-23-46)57-29-14-15-30-58(57)65(53)59/h1-39H. The number of hydrogen-bond donors (Lipinski definition) is 0. The Morgan fingerprint density at radius 2 is 0.877 bits per heavy atom. The number of nitrogens with zero attached hydrogens (tertiary/aromatic N) is 5. The summed E-state index contributed by atoms with van der Waals surface area (Å²) in [6.45, 7) is 0. The molecule has 0 N–H and O–H groups in total. The molecule has 304 valence electrons. The van der Waals surface area contributed by atoms with Crippen LogP contribution in [-0.2, 0) is 0 Å². The Balaban J connectivity index is 0.926. The van der Waals surface area contributed by atoms with Crippen molar-refractivity contribution in [1.29, 1.82) is 0 Å². The predicted octanol–water partition coefficient (Wildman–Crippen LogP) is 15.6. The molecule has 0 radical (unpaired) electrons. The van der Waals surface area contributed by atoms with Crippen molar-refractivity contribution in [2.45, 2.75) is 0 Å². The van der Waals surface area contributed by atoms with Gasteiger partial charge < -0.3 is 14.0 Å². The molecule has 1 aliphatic rings. The maximum atomic E-state index is 5.15. The first-order valence-corrected chi connectivity index (χ1v) is 22.1. The van der Waals surface area contributed by atoms with E-state index in [0.717, 1.165) is 67.5 Å². The molecule has 65 heavy (non-hydrogen) atoms. The van der Waals surface area contributed by atoms with Crippen LogP contribution < -0.4 is 4.90 Å². The first kappa shape index (κ1) is 36.8. The van der Waals surface area contributed by atoms with E-state index in [2.05, 4.69) is 238 Å². The number of anilines is 3. The monoisotopic (exact) mass is 829 g/mol. The summed E-state index contributed by atoms with van der Waals surface area (Å²) in [6.07, 6.45) is 0. The van der Waals surface area contributed by atoms with Crippen LogP contribution in [0.25, 0.3) is 100 Å². The van der Waals surface area contributed by atoms with Gasteiger partial charge in [-0.25, -0.2) is 9.97 Å². The molecule has 0 saturated heterocycles. The first-order chi connectivity index (χ1) is 32.2. The number of hydrogen-bond acceptors (Lipinski definition) is 3. The normalized spacial score (nSPS) is 12.0. The molecule has 12 aromatic rings. The van der Waals surface area contributed by atoms with Crippen LogP contribution in [0.3, 0.4) is 0 Å². The quantitative estimate of drug-likeness (QED) is 0.168. The van der Waals surface area contributed by atoms with Crippen LogP contribution >= 0.6 is 0 Å². The van der Waals surface area contributed by atoms with Crippen LogP contribution in [0.5, 0.6) is 0 Å². The van der Waals surface area contributed by atoms with Crippen molar-refractivity contribution in [2.75, 3.05) is 4.90 Å². The van der Waals surface area contributed by atoms with Gasteiger partial charge in [-0.05, 0) is 96.1 Å². The van der Waals surface area contributed by atoms with Crippen LogP contribution in [0.15, 0.2) is 237 Å². The highest BCUT2D eigenvalue weighted by molar-refractivity contribution is 6.11. The van der Waals surface area contributed by atoms with E-state index in [-0.39, 0.29) is 0 Å². The molecule has 0 amide bonds. The highest BCUT2D eigenvalue weighted by Gasteiger charge is 2.27. The predicted molar refractivity (Wildman–Crippen MR) is 269 cm³/mol.